The van der Waals surface area contributed by atoms with Crippen LogP contribution in [-0.4, -0.2) is 20.2 Å². The Morgan fingerprint density at radius 2 is 1.56 bits per heavy atom. The van der Waals surface area contributed by atoms with Gasteiger partial charge in [-0.1, -0.05) is 41.5 Å². The van der Waals surface area contributed by atoms with E-state index in [2.05, 4.69) is 61.7 Å². The van der Waals surface area contributed by atoms with Crippen LogP contribution in [0.4, 0.5) is 0 Å². The molecule has 0 saturated carbocycles. The Morgan fingerprint density at radius 1 is 0.889 bits per heavy atom. The zero-order chi connectivity index (χ0) is 13.6. The second kappa shape index (κ2) is 3.97. The second-order valence-electron chi connectivity index (χ2n) is 6.68. The van der Waals surface area contributed by atoms with E-state index in [1.54, 1.807) is 0 Å². The van der Waals surface area contributed by atoms with Gasteiger partial charge in [0.2, 0.25) is 0 Å². The minimum absolute atomic E-state index is 0.0124. The highest BCUT2D eigenvalue weighted by molar-refractivity contribution is 5.79. The van der Waals surface area contributed by atoms with Crippen LogP contribution in [0.15, 0.2) is 12.5 Å². The first kappa shape index (κ1) is 12.9. The first-order valence-electron chi connectivity index (χ1n) is 6.18. The van der Waals surface area contributed by atoms with Crippen LogP contribution in [0.1, 0.15) is 52.8 Å². The molecule has 0 spiro atoms. The lowest BCUT2D eigenvalue weighted by molar-refractivity contribution is 0.511. The fourth-order valence-electron chi connectivity index (χ4n) is 2.14. The number of fused-ring (bicyclic) bond motifs is 1. The Balaban J connectivity index is 2.89. The van der Waals surface area contributed by atoms with Gasteiger partial charge in [0.25, 0.3) is 0 Å². The zero-order valence-corrected chi connectivity index (χ0v) is 11.9. The standard InChI is InChI=1S/C14H20N4/c1-13(2,3)10-9-7-15-8-16-12(9)18-17-11(10)14(4,5)6/h7-8H,1-6H3. The minimum atomic E-state index is -0.0420. The van der Waals surface area contributed by atoms with Crippen molar-refractivity contribution < 1.29 is 0 Å². The van der Waals surface area contributed by atoms with Gasteiger partial charge in [-0.3, -0.25) is 0 Å². The summed E-state index contributed by atoms with van der Waals surface area (Å²) in [5.41, 5.74) is 2.84. The number of rotatable bonds is 0. The summed E-state index contributed by atoms with van der Waals surface area (Å²) in [6.45, 7) is 13.0. The van der Waals surface area contributed by atoms with Gasteiger partial charge >= 0.3 is 0 Å². The lowest BCUT2D eigenvalue weighted by Crippen LogP contribution is -2.25. The molecule has 0 fully saturated rings. The van der Waals surface area contributed by atoms with Crippen LogP contribution in [0.3, 0.4) is 0 Å². The molecule has 2 aromatic heterocycles. The molecule has 0 N–H and O–H groups in total. The molecule has 0 aromatic carbocycles. The average Bonchev–Trinajstić information content (AvgIpc) is 2.24. The summed E-state index contributed by atoms with van der Waals surface area (Å²) in [5, 5.41) is 9.63. The van der Waals surface area contributed by atoms with Crippen LogP contribution in [0, 0.1) is 0 Å². The van der Waals surface area contributed by atoms with Gasteiger partial charge in [-0.05, 0) is 11.0 Å². The zero-order valence-electron chi connectivity index (χ0n) is 11.9. The quantitative estimate of drug-likeness (QED) is 0.714. The van der Waals surface area contributed by atoms with Gasteiger partial charge in [-0.2, -0.15) is 5.10 Å². The molecule has 0 saturated heterocycles. The summed E-state index contributed by atoms with van der Waals surface area (Å²) in [4.78, 5) is 8.33. The van der Waals surface area contributed by atoms with Gasteiger partial charge in [-0.15, -0.1) is 5.10 Å². The van der Waals surface area contributed by atoms with Gasteiger partial charge in [0.1, 0.15) is 6.33 Å². The van der Waals surface area contributed by atoms with Gasteiger partial charge in [-0.25, -0.2) is 9.97 Å². The molecular formula is C14H20N4. The smallest absolute Gasteiger partial charge is 0.185 e. The van der Waals surface area contributed by atoms with E-state index >= 15 is 0 Å². The van der Waals surface area contributed by atoms with Crippen molar-refractivity contribution in [3.05, 3.63) is 23.8 Å². The molecule has 2 rings (SSSR count). The molecule has 0 atom stereocenters. The van der Waals surface area contributed by atoms with Crippen molar-refractivity contribution in [1.29, 1.82) is 0 Å². The van der Waals surface area contributed by atoms with Crippen molar-refractivity contribution in [2.24, 2.45) is 0 Å². The summed E-state index contributed by atoms with van der Waals surface area (Å²) in [5.74, 6) is 0. The molecular weight excluding hydrogens is 224 g/mol. The van der Waals surface area contributed by atoms with Crippen molar-refractivity contribution in [2.75, 3.05) is 0 Å². The topological polar surface area (TPSA) is 51.6 Å². The molecule has 4 heteroatoms. The van der Waals surface area contributed by atoms with Gasteiger partial charge < -0.3 is 0 Å². The largest absolute Gasteiger partial charge is 0.244 e. The molecule has 0 amide bonds. The summed E-state index contributed by atoms with van der Waals surface area (Å²) in [7, 11) is 0. The van der Waals surface area contributed by atoms with E-state index in [-0.39, 0.29) is 10.8 Å². The lowest BCUT2D eigenvalue weighted by atomic mass is 9.77. The van der Waals surface area contributed by atoms with E-state index in [4.69, 9.17) is 0 Å². The number of aromatic nitrogens is 4. The molecule has 4 nitrogen and oxygen atoms in total. The third-order valence-electron chi connectivity index (χ3n) is 2.90. The van der Waals surface area contributed by atoms with E-state index in [0.29, 0.717) is 5.65 Å². The number of nitrogens with zero attached hydrogens (tertiary/aromatic N) is 4. The molecule has 2 aromatic rings. The molecule has 0 aliphatic heterocycles. The van der Waals surface area contributed by atoms with Crippen molar-refractivity contribution in [3.8, 4) is 0 Å². The number of hydrogen-bond donors (Lipinski definition) is 0. The molecule has 96 valence electrons. The molecule has 0 radical (unpaired) electrons. The van der Waals surface area contributed by atoms with Crippen molar-refractivity contribution in [2.45, 2.75) is 52.4 Å². The Labute approximate surface area is 108 Å². The van der Waals surface area contributed by atoms with Gasteiger partial charge in [0.15, 0.2) is 5.65 Å². The first-order chi connectivity index (χ1) is 8.21. The Kier molecular flexibility index (Phi) is 2.84. The summed E-state index contributed by atoms with van der Waals surface area (Å²) >= 11 is 0. The van der Waals surface area contributed by atoms with Gasteiger partial charge in [0.05, 0.1) is 5.69 Å². The fourth-order valence-corrected chi connectivity index (χ4v) is 2.14. The van der Waals surface area contributed by atoms with Crippen LogP contribution >= 0.6 is 0 Å². The third-order valence-corrected chi connectivity index (χ3v) is 2.90. The molecule has 18 heavy (non-hydrogen) atoms. The van der Waals surface area contributed by atoms with E-state index in [0.717, 1.165) is 11.1 Å². The van der Waals surface area contributed by atoms with Gasteiger partial charge in [0, 0.05) is 17.0 Å². The Hall–Kier alpha value is -1.58. The second-order valence-corrected chi connectivity index (χ2v) is 6.68. The fraction of sp³-hybridized carbons (Fsp3) is 0.571. The van der Waals surface area contributed by atoms with Crippen LogP contribution in [0.25, 0.3) is 11.0 Å². The summed E-state index contributed by atoms with van der Waals surface area (Å²) in [6, 6.07) is 0. The maximum atomic E-state index is 4.40. The monoisotopic (exact) mass is 244 g/mol. The number of hydrogen-bond acceptors (Lipinski definition) is 4. The van der Waals surface area contributed by atoms with Crippen LogP contribution in [-0.2, 0) is 10.8 Å². The Bertz CT molecular complexity index is 576. The maximum absolute atomic E-state index is 4.40. The predicted molar refractivity (Wildman–Crippen MR) is 72.5 cm³/mol. The normalized spacial score (nSPS) is 13.0. The highest BCUT2D eigenvalue weighted by Gasteiger charge is 2.29. The van der Waals surface area contributed by atoms with Crippen LogP contribution in [0.2, 0.25) is 0 Å². The highest BCUT2D eigenvalue weighted by atomic mass is 15.1. The van der Waals surface area contributed by atoms with E-state index in [1.807, 2.05) is 6.20 Å². The van der Waals surface area contributed by atoms with Crippen LogP contribution in [0.5, 0.6) is 0 Å². The SMILES string of the molecule is CC(C)(C)c1nnc2ncncc2c1C(C)(C)C. The molecule has 0 aliphatic rings. The van der Waals surface area contributed by atoms with E-state index in [9.17, 15) is 0 Å². The average molecular weight is 244 g/mol. The molecule has 0 bridgehead atoms. The molecule has 0 unspecified atom stereocenters. The Morgan fingerprint density at radius 3 is 2.11 bits per heavy atom. The van der Waals surface area contributed by atoms with E-state index < -0.39 is 0 Å². The maximum Gasteiger partial charge on any atom is 0.185 e. The summed E-state index contributed by atoms with van der Waals surface area (Å²) in [6.07, 6.45) is 3.35. The lowest BCUT2D eigenvalue weighted by Gasteiger charge is -2.28. The van der Waals surface area contributed by atoms with Crippen molar-refractivity contribution in [1.82, 2.24) is 20.2 Å². The highest BCUT2D eigenvalue weighted by Crippen LogP contribution is 2.35. The summed E-state index contributed by atoms with van der Waals surface area (Å²) < 4.78 is 0. The minimum Gasteiger partial charge on any atom is -0.244 e. The van der Waals surface area contributed by atoms with Crippen molar-refractivity contribution in [3.63, 3.8) is 0 Å². The third kappa shape index (κ3) is 2.19. The van der Waals surface area contributed by atoms with Crippen LogP contribution < -0.4 is 0 Å². The predicted octanol–water partition coefficient (Wildman–Crippen LogP) is 3.01. The first-order valence-corrected chi connectivity index (χ1v) is 6.18. The molecule has 2 heterocycles. The molecule has 0 aliphatic carbocycles. The van der Waals surface area contributed by atoms with Crippen molar-refractivity contribution >= 4 is 11.0 Å². The van der Waals surface area contributed by atoms with E-state index in [1.165, 1.54) is 11.9 Å².